The Morgan fingerprint density at radius 1 is 1.29 bits per heavy atom. The predicted molar refractivity (Wildman–Crippen MR) is 88.2 cm³/mol. The Morgan fingerprint density at radius 3 is 2.71 bits per heavy atom. The summed E-state index contributed by atoms with van der Waals surface area (Å²) in [5.74, 6) is 3.47. The van der Waals surface area contributed by atoms with Gasteiger partial charge in [0.05, 0.1) is 12.8 Å². The van der Waals surface area contributed by atoms with E-state index in [-0.39, 0.29) is 0 Å². The zero-order valence-electron chi connectivity index (χ0n) is 14.1. The number of rotatable bonds is 7. The fraction of sp³-hybridized carbons (Fsp3) is 0.778. The molecule has 0 bridgehead atoms. The van der Waals surface area contributed by atoms with Gasteiger partial charge >= 0.3 is 0 Å². The number of nitrogens with zero attached hydrogens (tertiary/aromatic N) is 1. The molecule has 4 atom stereocenters. The lowest BCUT2D eigenvalue weighted by atomic mass is 9.72. The van der Waals surface area contributed by atoms with Crippen LogP contribution in [0.5, 0.6) is 0 Å². The summed E-state index contributed by atoms with van der Waals surface area (Å²) in [5.41, 5.74) is 0. The van der Waals surface area contributed by atoms with Crippen molar-refractivity contribution in [2.24, 2.45) is 17.8 Å². The third-order valence-corrected chi connectivity index (χ3v) is 5.02. The summed E-state index contributed by atoms with van der Waals surface area (Å²) < 4.78 is 5.52. The Morgan fingerprint density at radius 2 is 2.10 bits per heavy atom. The molecule has 1 N–H and O–H groups in total. The molecule has 0 spiro atoms. The van der Waals surface area contributed by atoms with Gasteiger partial charge in [-0.25, -0.2) is 0 Å². The lowest BCUT2D eigenvalue weighted by Crippen LogP contribution is -2.48. The molecule has 3 nitrogen and oxygen atoms in total. The van der Waals surface area contributed by atoms with Crippen LogP contribution in [0.25, 0.3) is 0 Å². The van der Waals surface area contributed by atoms with E-state index in [9.17, 15) is 0 Å². The molecule has 1 aliphatic rings. The SMILES string of the molecule is CCNC1CC(C)CC(C)C1CN(CC)Cc1ccco1. The van der Waals surface area contributed by atoms with Gasteiger partial charge in [-0.15, -0.1) is 0 Å². The van der Waals surface area contributed by atoms with Crippen molar-refractivity contribution in [3.05, 3.63) is 24.2 Å². The Balaban J connectivity index is 1.98. The van der Waals surface area contributed by atoms with E-state index in [1.807, 2.05) is 6.07 Å². The monoisotopic (exact) mass is 292 g/mol. The highest BCUT2D eigenvalue weighted by Crippen LogP contribution is 2.34. The van der Waals surface area contributed by atoms with E-state index in [0.717, 1.165) is 43.1 Å². The summed E-state index contributed by atoms with van der Waals surface area (Å²) in [6.07, 6.45) is 4.46. The van der Waals surface area contributed by atoms with Crippen LogP contribution in [0.4, 0.5) is 0 Å². The van der Waals surface area contributed by atoms with Gasteiger partial charge in [0, 0.05) is 12.6 Å². The van der Waals surface area contributed by atoms with E-state index >= 15 is 0 Å². The minimum absolute atomic E-state index is 0.666. The van der Waals surface area contributed by atoms with Crippen molar-refractivity contribution < 1.29 is 4.42 Å². The van der Waals surface area contributed by atoms with Crippen LogP contribution in [-0.4, -0.2) is 30.6 Å². The highest BCUT2D eigenvalue weighted by atomic mass is 16.3. The van der Waals surface area contributed by atoms with Crippen molar-refractivity contribution >= 4 is 0 Å². The first-order valence-corrected chi connectivity index (χ1v) is 8.62. The Hall–Kier alpha value is -0.800. The van der Waals surface area contributed by atoms with Crippen molar-refractivity contribution in [1.82, 2.24) is 10.2 Å². The van der Waals surface area contributed by atoms with Gasteiger partial charge < -0.3 is 9.73 Å². The second-order valence-electron chi connectivity index (χ2n) is 6.79. The number of hydrogen-bond donors (Lipinski definition) is 1. The molecule has 120 valence electrons. The Labute approximate surface area is 130 Å². The van der Waals surface area contributed by atoms with Crippen LogP contribution < -0.4 is 5.32 Å². The molecular formula is C18H32N2O. The van der Waals surface area contributed by atoms with Gasteiger partial charge in [-0.3, -0.25) is 4.90 Å². The van der Waals surface area contributed by atoms with E-state index in [2.05, 4.69) is 44.0 Å². The first-order valence-electron chi connectivity index (χ1n) is 8.62. The molecule has 1 aromatic rings. The molecule has 1 aliphatic carbocycles. The molecule has 0 aliphatic heterocycles. The topological polar surface area (TPSA) is 28.4 Å². The summed E-state index contributed by atoms with van der Waals surface area (Å²) >= 11 is 0. The van der Waals surface area contributed by atoms with E-state index in [1.54, 1.807) is 6.26 Å². The molecule has 0 amide bonds. The zero-order valence-corrected chi connectivity index (χ0v) is 14.1. The standard InChI is InChI=1S/C18H32N2O/c1-5-19-18-11-14(3)10-15(4)17(18)13-20(6-2)12-16-8-7-9-21-16/h7-9,14-15,17-19H,5-6,10-13H2,1-4H3. The normalized spacial score (nSPS) is 30.0. The minimum Gasteiger partial charge on any atom is -0.468 e. The van der Waals surface area contributed by atoms with Crippen LogP contribution in [0.2, 0.25) is 0 Å². The van der Waals surface area contributed by atoms with Crippen LogP contribution in [0.1, 0.15) is 46.3 Å². The van der Waals surface area contributed by atoms with Gasteiger partial charge in [0.2, 0.25) is 0 Å². The Bertz CT molecular complexity index is 390. The molecule has 21 heavy (non-hydrogen) atoms. The van der Waals surface area contributed by atoms with Crippen LogP contribution >= 0.6 is 0 Å². The molecule has 2 rings (SSSR count). The average molecular weight is 292 g/mol. The molecule has 1 aromatic heterocycles. The summed E-state index contributed by atoms with van der Waals surface area (Å²) in [5, 5.41) is 3.73. The molecule has 1 fully saturated rings. The van der Waals surface area contributed by atoms with E-state index in [0.29, 0.717) is 6.04 Å². The van der Waals surface area contributed by atoms with Crippen molar-refractivity contribution in [3.8, 4) is 0 Å². The minimum atomic E-state index is 0.666. The molecule has 4 unspecified atom stereocenters. The van der Waals surface area contributed by atoms with Crippen molar-refractivity contribution in [3.63, 3.8) is 0 Å². The second kappa shape index (κ2) is 8.00. The highest BCUT2D eigenvalue weighted by molar-refractivity contribution is 4.98. The van der Waals surface area contributed by atoms with Gasteiger partial charge in [0.15, 0.2) is 0 Å². The maximum absolute atomic E-state index is 5.52. The average Bonchev–Trinajstić information content (AvgIpc) is 2.94. The molecule has 1 saturated carbocycles. The van der Waals surface area contributed by atoms with Crippen LogP contribution in [0, 0.1) is 17.8 Å². The Kier molecular flexibility index (Phi) is 6.31. The third kappa shape index (κ3) is 4.58. The summed E-state index contributed by atoms with van der Waals surface area (Å²) in [7, 11) is 0. The van der Waals surface area contributed by atoms with Crippen molar-refractivity contribution in [1.29, 1.82) is 0 Å². The van der Waals surface area contributed by atoms with Crippen LogP contribution in [-0.2, 0) is 6.54 Å². The van der Waals surface area contributed by atoms with E-state index in [1.165, 1.54) is 19.4 Å². The third-order valence-electron chi connectivity index (χ3n) is 5.02. The van der Waals surface area contributed by atoms with Gasteiger partial charge in [-0.05, 0) is 55.8 Å². The smallest absolute Gasteiger partial charge is 0.117 e. The molecule has 0 radical (unpaired) electrons. The van der Waals surface area contributed by atoms with Gasteiger partial charge in [-0.2, -0.15) is 0 Å². The number of nitrogens with one attached hydrogen (secondary N) is 1. The first kappa shape index (κ1) is 16.6. The fourth-order valence-corrected chi connectivity index (χ4v) is 3.94. The predicted octanol–water partition coefficient (Wildman–Crippen LogP) is 3.76. The fourth-order valence-electron chi connectivity index (χ4n) is 3.94. The van der Waals surface area contributed by atoms with Gasteiger partial charge in [0.25, 0.3) is 0 Å². The van der Waals surface area contributed by atoms with Crippen LogP contribution in [0.3, 0.4) is 0 Å². The summed E-state index contributed by atoms with van der Waals surface area (Å²) in [6, 6.07) is 4.73. The highest BCUT2D eigenvalue weighted by Gasteiger charge is 2.34. The molecular weight excluding hydrogens is 260 g/mol. The van der Waals surface area contributed by atoms with Gasteiger partial charge in [0.1, 0.15) is 5.76 Å². The van der Waals surface area contributed by atoms with Crippen LogP contribution in [0.15, 0.2) is 22.8 Å². The van der Waals surface area contributed by atoms with E-state index in [4.69, 9.17) is 4.42 Å². The first-order chi connectivity index (χ1) is 10.1. The van der Waals surface area contributed by atoms with Crippen molar-refractivity contribution in [2.45, 2.75) is 53.1 Å². The molecule has 1 heterocycles. The lowest BCUT2D eigenvalue weighted by molar-refractivity contribution is 0.0976. The lowest BCUT2D eigenvalue weighted by Gasteiger charge is -2.42. The maximum atomic E-state index is 5.52. The second-order valence-corrected chi connectivity index (χ2v) is 6.79. The van der Waals surface area contributed by atoms with Crippen molar-refractivity contribution in [2.75, 3.05) is 19.6 Å². The summed E-state index contributed by atoms with van der Waals surface area (Å²) in [4.78, 5) is 2.53. The molecule has 0 saturated heterocycles. The number of furan rings is 1. The quantitative estimate of drug-likeness (QED) is 0.829. The summed E-state index contributed by atoms with van der Waals surface area (Å²) in [6.45, 7) is 13.6. The maximum Gasteiger partial charge on any atom is 0.117 e. The molecule has 0 aromatic carbocycles. The zero-order chi connectivity index (χ0) is 15.2. The molecule has 3 heteroatoms. The van der Waals surface area contributed by atoms with Gasteiger partial charge in [-0.1, -0.05) is 27.7 Å². The number of hydrogen-bond acceptors (Lipinski definition) is 3. The van der Waals surface area contributed by atoms with E-state index < -0.39 is 0 Å². The largest absolute Gasteiger partial charge is 0.468 e.